The lowest BCUT2D eigenvalue weighted by Gasteiger charge is -2.49. The number of aliphatic hydroxyl groups is 1. The normalized spacial score (nSPS) is 24.8. The predicted octanol–water partition coefficient (Wildman–Crippen LogP) is 5.22. The van der Waals surface area contributed by atoms with Crippen LogP contribution < -0.4 is 14.4 Å². The molecule has 0 unspecified atom stereocenters. The molecule has 0 radical (unpaired) electrons. The second-order valence-electron chi connectivity index (χ2n) is 11.0. The van der Waals surface area contributed by atoms with Gasteiger partial charge in [-0.05, 0) is 80.8 Å². The Bertz CT molecular complexity index is 1080. The van der Waals surface area contributed by atoms with Gasteiger partial charge in [0.2, 0.25) is 0 Å². The lowest BCUT2D eigenvalue weighted by Crippen LogP contribution is -2.56. The SMILES string of the molecule is COc1cc(N2CCN3[C@@H](CCC[C@@H]3c3ccc(OCCCN4CC[C@H](O)C4)c(C)c3C)C2)ccc1Cl. The molecule has 6 nitrogen and oxygen atoms in total. The fourth-order valence-electron chi connectivity index (χ4n) is 6.48. The van der Waals surface area contributed by atoms with Crippen LogP contribution in [0.5, 0.6) is 11.5 Å². The molecule has 37 heavy (non-hydrogen) atoms. The summed E-state index contributed by atoms with van der Waals surface area (Å²) in [6.45, 7) is 11.1. The van der Waals surface area contributed by atoms with Crippen molar-refractivity contribution in [3.63, 3.8) is 0 Å². The number of hydrogen-bond donors (Lipinski definition) is 1. The van der Waals surface area contributed by atoms with E-state index in [1.165, 1.54) is 41.6 Å². The van der Waals surface area contributed by atoms with Crippen LogP contribution in [0.25, 0.3) is 0 Å². The van der Waals surface area contributed by atoms with E-state index in [1.807, 2.05) is 6.07 Å². The molecule has 3 fully saturated rings. The highest BCUT2D eigenvalue weighted by molar-refractivity contribution is 6.32. The molecule has 0 bridgehead atoms. The molecule has 1 N–H and O–H groups in total. The van der Waals surface area contributed by atoms with E-state index in [2.05, 4.69) is 52.8 Å². The summed E-state index contributed by atoms with van der Waals surface area (Å²) in [4.78, 5) is 7.57. The van der Waals surface area contributed by atoms with E-state index < -0.39 is 0 Å². The molecule has 0 spiro atoms. The number of fused-ring (bicyclic) bond motifs is 1. The van der Waals surface area contributed by atoms with Gasteiger partial charge in [0.15, 0.2) is 0 Å². The average molecular weight is 528 g/mol. The van der Waals surface area contributed by atoms with Crippen molar-refractivity contribution < 1.29 is 14.6 Å². The second-order valence-corrected chi connectivity index (χ2v) is 11.4. The molecule has 3 heterocycles. The number of piperazine rings is 1. The first-order valence-corrected chi connectivity index (χ1v) is 14.3. The van der Waals surface area contributed by atoms with E-state index in [-0.39, 0.29) is 6.10 Å². The van der Waals surface area contributed by atoms with Gasteiger partial charge in [0, 0.05) is 63.1 Å². The number of aliphatic hydroxyl groups excluding tert-OH is 1. The minimum absolute atomic E-state index is 0.151. The van der Waals surface area contributed by atoms with Crippen LogP contribution in [0.2, 0.25) is 5.02 Å². The molecule has 5 rings (SSSR count). The predicted molar refractivity (Wildman–Crippen MR) is 150 cm³/mol. The summed E-state index contributed by atoms with van der Waals surface area (Å²) >= 11 is 6.27. The number of piperidine rings is 1. The summed E-state index contributed by atoms with van der Waals surface area (Å²) in [6, 6.07) is 11.7. The third-order valence-electron chi connectivity index (χ3n) is 8.71. The molecule has 202 valence electrons. The quantitative estimate of drug-likeness (QED) is 0.475. The summed E-state index contributed by atoms with van der Waals surface area (Å²) < 4.78 is 11.7. The van der Waals surface area contributed by atoms with Crippen molar-refractivity contribution in [3.05, 3.63) is 52.0 Å². The van der Waals surface area contributed by atoms with Crippen molar-refractivity contribution in [1.29, 1.82) is 0 Å². The number of anilines is 1. The third kappa shape index (κ3) is 5.88. The molecule has 3 aliphatic rings. The number of halogens is 1. The highest BCUT2D eigenvalue weighted by atomic mass is 35.5. The molecule has 0 saturated carbocycles. The Morgan fingerprint density at radius 2 is 1.84 bits per heavy atom. The van der Waals surface area contributed by atoms with Gasteiger partial charge in [-0.15, -0.1) is 0 Å². The summed E-state index contributed by atoms with van der Waals surface area (Å²) in [5, 5.41) is 10.4. The number of methoxy groups -OCH3 is 1. The van der Waals surface area contributed by atoms with Gasteiger partial charge in [-0.1, -0.05) is 17.7 Å². The molecule has 7 heteroatoms. The van der Waals surface area contributed by atoms with E-state index in [1.54, 1.807) is 7.11 Å². The van der Waals surface area contributed by atoms with E-state index >= 15 is 0 Å². The van der Waals surface area contributed by atoms with Gasteiger partial charge in [-0.25, -0.2) is 0 Å². The summed E-state index contributed by atoms with van der Waals surface area (Å²) in [7, 11) is 1.68. The van der Waals surface area contributed by atoms with Gasteiger partial charge in [0.25, 0.3) is 0 Å². The fraction of sp³-hybridized carbons (Fsp3) is 0.600. The molecule has 2 aromatic rings. The molecule has 0 aliphatic carbocycles. The van der Waals surface area contributed by atoms with Gasteiger partial charge >= 0.3 is 0 Å². The van der Waals surface area contributed by atoms with Gasteiger partial charge in [-0.3, -0.25) is 4.90 Å². The molecule has 2 aromatic carbocycles. The Morgan fingerprint density at radius 3 is 2.62 bits per heavy atom. The largest absolute Gasteiger partial charge is 0.495 e. The first-order chi connectivity index (χ1) is 17.9. The van der Waals surface area contributed by atoms with E-state index in [0.29, 0.717) is 17.1 Å². The van der Waals surface area contributed by atoms with Crippen LogP contribution in [0, 0.1) is 13.8 Å². The van der Waals surface area contributed by atoms with Crippen LogP contribution in [0.4, 0.5) is 5.69 Å². The molecule has 3 aliphatic heterocycles. The number of benzene rings is 2. The minimum atomic E-state index is -0.151. The lowest BCUT2D eigenvalue weighted by molar-refractivity contribution is 0.0712. The Balaban J connectivity index is 1.21. The van der Waals surface area contributed by atoms with Crippen molar-refractivity contribution in [1.82, 2.24) is 9.80 Å². The Kier molecular flexibility index (Phi) is 8.50. The summed E-state index contributed by atoms with van der Waals surface area (Å²) in [6.07, 6.45) is 5.44. The summed E-state index contributed by atoms with van der Waals surface area (Å²) in [5.74, 6) is 1.75. The standard InChI is InChI=1S/C30H42ClN3O3/c1-21-22(2)29(37-17-5-13-32-14-12-25(35)20-32)11-9-26(21)28-7-4-6-24-19-33(15-16-34(24)28)23-8-10-27(31)30(18-23)36-3/h8-11,18,24-25,28,35H,4-7,12-17,19-20H2,1-3H3/t24-,25-,28+/m0/s1. The first kappa shape index (κ1) is 26.6. The Labute approximate surface area is 227 Å². The highest BCUT2D eigenvalue weighted by Crippen LogP contribution is 2.40. The third-order valence-corrected chi connectivity index (χ3v) is 9.02. The van der Waals surface area contributed by atoms with Crippen LogP contribution >= 0.6 is 11.6 Å². The number of hydrogen-bond acceptors (Lipinski definition) is 6. The van der Waals surface area contributed by atoms with E-state index in [4.69, 9.17) is 21.1 Å². The first-order valence-electron chi connectivity index (χ1n) is 13.9. The van der Waals surface area contributed by atoms with Gasteiger partial charge in [0.05, 0.1) is 24.8 Å². The number of ether oxygens (including phenoxy) is 2. The van der Waals surface area contributed by atoms with Crippen LogP contribution in [0.3, 0.4) is 0 Å². The fourth-order valence-corrected chi connectivity index (χ4v) is 6.68. The molecule has 0 amide bonds. The van der Waals surface area contributed by atoms with Gasteiger partial charge in [-0.2, -0.15) is 0 Å². The van der Waals surface area contributed by atoms with Gasteiger partial charge in [0.1, 0.15) is 11.5 Å². The van der Waals surface area contributed by atoms with Crippen molar-refractivity contribution >= 4 is 17.3 Å². The monoisotopic (exact) mass is 527 g/mol. The maximum absolute atomic E-state index is 9.71. The Morgan fingerprint density at radius 1 is 0.973 bits per heavy atom. The smallest absolute Gasteiger partial charge is 0.139 e. The van der Waals surface area contributed by atoms with Crippen LogP contribution in [-0.4, -0.2) is 80.0 Å². The molecular formula is C30H42ClN3O3. The van der Waals surface area contributed by atoms with Crippen molar-refractivity contribution in [2.24, 2.45) is 0 Å². The molecule has 0 aromatic heterocycles. The van der Waals surface area contributed by atoms with E-state index in [0.717, 1.165) is 70.2 Å². The minimum Gasteiger partial charge on any atom is -0.495 e. The molecular weight excluding hydrogens is 486 g/mol. The molecule has 3 saturated heterocycles. The molecule has 3 atom stereocenters. The van der Waals surface area contributed by atoms with Gasteiger partial charge < -0.3 is 24.4 Å². The zero-order valence-electron chi connectivity index (χ0n) is 22.6. The zero-order valence-corrected chi connectivity index (χ0v) is 23.3. The summed E-state index contributed by atoms with van der Waals surface area (Å²) in [5.41, 5.74) is 5.29. The maximum atomic E-state index is 9.71. The lowest BCUT2D eigenvalue weighted by atomic mass is 9.86. The van der Waals surface area contributed by atoms with Crippen LogP contribution in [0.15, 0.2) is 30.3 Å². The topological polar surface area (TPSA) is 48.4 Å². The van der Waals surface area contributed by atoms with Crippen molar-refractivity contribution in [3.8, 4) is 11.5 Å². The second kappa shape index (κ2) is 11.8. The van der Waals surface area contributed by atoms with Crippen LogP contribution in [-0.2, 0) is 0 Å². The van der Waals surface area contributed by atoms with Crippen molar-refractivity contribution in [2.45, 2.75) is 64.1 Å². The number of β-amino-alcohol motifs (C(OH)–C–C–N with tert-alkyl or cyclic N) is 1. The average Bonchev–Trinajstić information content (AvgIpc) is 3.33. The van der Waals surface area contributed by atoms with Crippen molar-refractivity contribution in [2.75, 3.05) is 57.9 Å². The number of nitrogens with zero attached hydrogens (tertiary/aromatic N) is 3. The Hall–Kier alpha value is -1.99. The maximum Gasteiger partial charge on any atom is 0.139 e. The number of rotatable bonds is 8. The zero-order chi connectivity index (χ0) is 25.9. The highest BCUT2D eigenvalue weighted by Gasteiger charge is 2.36. The van der Waals surface area contributed by atoms with Crippen LogP contribution in [0.1, 0.15) is 54.8 Å². The number of likely N-dealkylation sites (tertiary alicyclic amines) is 1. The van der Waals surface area contributed by atoms with E-state index in [9.17, 15) is 5.11 Å².